The van der Waals surface area contributed by atoms with Crippen LogP contribution in [-0.4, -0.2) is 31.4 Å². The fraction of sp³-hybridized carbons (Fsp3) is 0.192. The van der Waals surface area contributed by atoms with Gasteiger partial charge in [0.2, 0.25) is 10.0 Å². The fourth-order valence-corrected chi connectivity index (χ4v) is 4.79. The predicted octanol–water partition coefficient (Wildman–Crippen LogP) is 5.71. The number of aromatic carboxylic acids is 1. The zero-order chi connectivity index (χ0) is 25.2. The van der Waals surface area contributed by atoms with Crippen LogP contribution in [0.15, 0.2) is 71.1 Å². The van der Waals surface area contributed by atoms with E-state index >= 15 is 0 Å². The van der Waals surface area contributed by atoms with Gasteiger partial charge < -0.3 is 14.3 Å². The van der Waals surface area contributed by atoms with Crippen LogP contribution in [0, 0.1) is 5.82 Å². The number of carboxylic acid groups (broad SMARTS) is 1. The first kappa shape index (κ1) is 24.3. The maximum Gasteiger partial charge on any atom is 0.340 e. The highest BCUT2D eigenvalue weighted by Crippen LogP contribution is 2.39. The molecule has 182 valence electrons. The van der Waals surface area contributed by atoms with Crippen molar-refractivity contribution in [3.05, 3.63) is 83.7 Å². The van der Waals surface area contributed by atoms with E-state index in [4.69, 9.17) is 9.15 Å². The molecular formula is C26H24FNO6S. The first-order valence-electron chi connectivity index (χ1n) is 10.9. The van der Waals surface area contributed by atoms with Crippen LogP contribution < -0.4 is 9.46 Å². The maximum absolute atomic E-state index is 13.4. The van der Waals surface area contributed by atoms with Gasteiger partial charge in [0, 0.05) is 17.0 Å². The maximum atomic E-state index is 13.4. The minimum atomic E-state index is -3.77. The standard InChI is InChI=1S/C26H24FNO6S/c1-16(2)33-23-14-20-22(34-25(24(20)26(29)30)18-8-10-19(27)11-9-18)15-21(23)28-35(31,32)13-12-17-6-4-3-5-7-17/h3-11,14-16,28H,12-13H2,1-2H3,(H,29,30). The Kier molecular flexibility index (Phi) is 6.79. The largest absolute Gasteiger partial charge is 0.489 e. The average Bonchev–Trinajstić information content (AvgIpc) is 3.17. The molecule has 0 amide bonds. The van der Waals surface area contributed by atoms with Crippen molar-refractivity contribution >= 4 is 32.6 Å². The van der Waals surface area contributed by atoms with Gasteiger partial charge in [0.05, 0.1) is 17.5 Å². The summed E-state index contributed by atoms with van der Waals surface area (Å²) in [6, 6.07) is 17.3. The Hall–Kier alpha value is -3.85. The lowest BCUT2D eigenvalue weighted by molar-refractivity contribution is 0.0699. The second kappa shape index (κ2) is 9.79. The molecule has 0 radical (unpaired) electrons. The number of aryl methyl sites for hydroxylation is 1. The number of furan rings is 1. The van der Waals surface area contributed by atoms with Crippen molar-refractivity contribution in [3.8, 4) is 17.1 Å². The van der Waals surface area contributed by atoms with E-state index in [0.29, 0.717) is 12.0 Å². The third-order valence-corrected chi connectivity index (χ3v) is 6.51. The minimum absolute atomic E-state index is 0.0343. The lowest BCUT2D eigenvalue weighted by Crippen LogP contribution is -2.19. The molecule has 9 heteroatoms. The van der Waals surface area contributed by atoms with Crippen LogP contribution in [-0.2, 0) is 16.4 Å². The molecule has 3 aromatic carbocycles. The summed E-state index contributed by atoms with van der Waals surface area (Å²) in [6.07, 6.45) is 0.00834. The monoisotopic (exact) mass is 497 g/mol. The molecule has 0 spiro atoms. The normalized spacial score (nSPS) is 11.7. The zero-order valence-electron chi connectivity index (χ0n) is 19.1. The average molecular weight is 498 g/mol. The smallest absolute Gasteiger partial charge is 0.340 e. The van der Waals surface area contributed by atoms with Crippen molar-refractivity contribution in [2.45, 2.75) is 26.4 Å². The summed E-state index contributed by atoms with van der Waals surface area (Å²) >= 11 is 0. The van der Waals surface area contributed by atoms with Crippen LogP contribution in [0.25, 0.3) is 22.3 Å². The molecule has 0 saturated heterocycles. The van der Waals surface area contributed by atoms with E-state index in [1.54, 1.807) is 13.8 Å². The number of halogens is 1. The Morgan fingerprint density at radius 1 is 1.09 bits per heavy atom. The second-order valence-electron chi connectivity index (χ2n) is 8.29. The number of hydrogen-bond donors (Lipinski definition) is 2. The van der Waals surface area contributed by atoms with Gasteiger partial charge in [-0.15, -0.1) is 0 Å². The van der Waals surface area contributed by atoms with E-state index in [1.165, 1.54) is 36.4 Å². The Morgan fingerprint density at radius 2 is 1.77 bits per heavy atom. The van der Waals surface area contributed by atoms with Crippen molar-refractivity contribution in [3.63, 3.8) is 0 Å². The number of sulfonamides is 1. The molecule has 4 rings (SSSR count). The van der Waals surface area contributed by atoms with E-state index < -0.39 is 21.8 Å². The van der Waals surface area contributed by atoms with E-state index in [-0.39, 0.29) is 45.6 Å². The molecule has 1 aromatic heterocycles. The molecule has 2 N–H and O–H groups in total. The van der Waals surface area contributed by atoms with E-state index in [1.807, 2.05) is 30.3 Å². The number of rotatable bonds is 9. The highest BCUT2D eigenvalue weighted by atomic mass is 32.2. The molecule has 0 aliphatic heterocycles. The van der Waals surface area contributed by atoms with Crippen LogP contribution in [0.2, 0.25) is 0 Å². The van der Waals surface area contributed by atoms with E-state index in [2.05, 4.69) is 4.72 Å². The third kappa shape index (κ3) is 5.63. The molecule has 0 atom stereocenters. The number of carbonyl (C=O) groups is 1. The summed E-state index contributed by atoms with van der Waals surface area (Å²) in [5.74, 6) is -1.66. The fourth-order valence-electron chi connectivity index (χ4n) is 3.69. The summed E-state index contributed by atoms with van der Waals surface area (Å²) in [7, 11) is -3.77. The summed E-state index contributed by atoms with van der Waals surface area (Å²) in [4.78, 5) is 12.1. The van der Waals surface area contributed by atoms with Gasteiger partial charge in [0.25, 0.3) is 0 Å². The van der Waals surface area contributed by atoms with Crippen LogP contribution in [0.4, 0.5) is 10.1 Å². The molecule has 0 aliphatic carbocycles. The number of hydrogen-bond acceptors (Lipinski definition) is 5. The number of anilines is 1. The Morgan fingerprint density at radius 3 is 2.40 bits per heavy atom. The molecule has 7 nitrogen and oxygen atoms in total. The predicted molar refractivity (Wildman–Crippen MR) is 132 cm³/mol. The second-order valence-corrected chi connectivity index (χ2v) is 10.1. The topological polar surface area (TPSA) is 106 Å². The van der Waals surface area contributed by atoms with Crippen molar-refractivity contribution in [2.24, 2.45) is 0 Å². The number of nitrogens with one attached hydrogen (secondary N) is 1. The van der Waals surface area contributed by atoms with Gasteiger partial charge in [-0.05, 0) is 56.2 Å². The van der Waals surface area contributed by atoms with Gasteiger partial charge in [-0.3, -0.25) is 4.72 Å². The van der Waals surface area contributed by atoms with Crippen LogP contribution in [0.3, 0.4) is 0 Å². The third-order valence-electron chi connectivity index (χ3n) is 5.24. The summed E-state index contributed by atoms with van der Waals surface area (Å²) < 4.78 is 53.3. The van der Waals surface area contributed by atoms with E-state index in [9.17, 15) is 22.7 Å². The van der Waals surface area contributed by atoms with Crippen molar-refractivity contribution in [1.82, 2.24) is 0 Å². The SMILES string of the molecule is CC(C)Oc1cc2c(C(=O)O)c(-c3ccc(F)cc3)oc2cc1NS(=O)(=O)CCc1ccccc1. The molecule has 4 aromatic rings. The van der Waals surface area contributed by atoms with Crippen molar-refractivity contribution < 1.29 is 31.9 Å². The molecule has 0 fully saturated rings. The zero-order valence-corrected chi connectivity index (χ0v) is 19.9. The number of carboxylic acids is 1. The van der Waals surface area contributed by atoms with Crippen LogP contribution in [0.5, 0.6) is 5.75 Å². The number of fused-ring (bicyclic) bond motifs is 1. The minimum Gasteiger partial charge on any atom is -0.489 e. The van der Waals surface area contributed by atoms with Crippen molar-refractivity contribution in [2.75, 3.05) is 10.5 Å². The van der Waals surface area contributed by atoms with Crippen molar-refractivity contribution in [1.29, 1.82) is 0 Å². The van der Waals surface area contributed by atoms with Gasteiger partial charge in [0.1, 0.15) is 28.5 Å². The highest BCUT2D eigenvalue weighted by Gasteiger charge is 2.25. The quantitative estimate of drug-likeness (QED) is 0.307. The molecule has 35 heavy (non-hydrogen) atoms. The Labute approximate surface area is 202 Å². The first-order valence-corrected chi connectivity index (χ1v) is 12.6. The summed E-state index contributed by atoms with van der Waals surface area (Å²) in [5.41, 5.74) is 1.41. The van der Waals surface area contributed by atoms with Gasteiger partial charge in [-0.25, -0.2) is 17.6 Å². The lowest BCUT2D eigenvalue weighted by Gasteiger charge is -2.16. The molecule has 0 unspecified atom stereocenters. The summed E-state index contributed by atoms with van der Waals surface area (Å²) in [5, 5.41) is 10.1. The molecular weight excluding hydrogens is 473 g/mol. The highest BCUT2D eigenvalue weighted by molar-refractivity contribution is 7.92. The van der Waals surface area contributed by atoms with Gasteiger partial charge >= 0.3 is 5.97 Å². The van der Waals surface area contributed by atoms with Gasteiger partial charge in [-0.1, -0.05) is 30.3 Å². The molecule has 1 heterocycles. The first-order chi connectivity index (χ1) is 16.6. The molecule has 0 bridgehead atoms. The van der Waals surface area contributed by atoms with Gasteiger partial charge in [-0.2, -0.15) is 0 Å². The Balaban J connectivity index is 1.76. The number of benzene rings is 3. The van der Waals surface area contributed by atoms with Crippen LogP contribution >= 0.6 is 0 Å². The molecule has 0 aliphatic rings. The number of ether oxygens (including phenoxy) is 1. The van der Waals surface area contributed by atoms with Gasteiger partial charge in [0.15, 0.2) is 0 Å². The Bertz CT molecular complexity index is 1460. The molecule has 0 saturated carbocycles. The van der Waals surface area contributed by atoms with E-state index in [0.717, 1.165) is 5.56 Å². The lowest BCUT2D eigenvalue weighted by atomic mass is 10.0. The van der Waals surface area contributed by atoms with Crippen LogP contribution in [0.1, 0.15) is 29.8 Å². The summed E-state index contributed by atoms with van der Waals surface area (Å²) in [6.45, 7) is 3.55.